The summed E-state index contributed by atoms with van der Waals surface area (Å²) in [6.45, 7) is 6.41. The molecule has 2 heterocycles. The van der Waals surface area contributed by atoms with Crippen molar-refractivity contribution in [2.45, 2.75) is 26.4 Å². The van der Waals surface area contributed by atoms with Crippen LogP contribution in [-0.2, 0) is 6.54 Å². The number of H-pyrrole nitrogens is 1. The third kappa shape index (κ3) is 3.91. The highest BCUT2D eigenvalue weighted by Gasteiger charge is 2.15. The Morgan fingerprint density at radius 1 is 1.40 bits per heavy atom. The lowest BCUT2D eigenvalue weighted by Crippen LogP contribution is -2.41. The summed E-state index contributed by atoms with van der Waals surface area (Å²) in [5, 5.41) is 13.1. The Kier molecular flexibility index (Phi) is 5.34. The van der Waals surface area contributed by atoms with E-state index in [2.05, 4.69) is 65.9 Å². The zero-order valence-electron chi connectivity index (χ0n) is 12.7. The van der Waals surface area contributed by atoms with Crippen LogP contribution < -0.4 is 5.32 Å². The number of aromatic amines is 1. The lowest BCUT2D eigenvalue weighted by molar-refractivity contribution is 0.288. The third-order valence-electron chi connectivity index (χ3n) is 3.41. The Morgan fingerprint density at radius 3 is 2.80 bits per heavy atom. The van der Waals surface area contributed by atoms with Crippen LogP contribution in [0.15, 0.2) is 23.7 Å². The van der Waals surface area contributed by atoms with Gasteiger partial charge in [-0.25, -0.2) is 0 Å². The second-order valence-electron chi connectivity index (χ2n) is 5.74. The molecule has 4 nitrogen and oxygen atoms in total. The minimum atomic E-state index is 0.482. The summed E-state index contributed by atoms with van der Waals surface area (Å²) in [6, 6.07) is 4.68. The lowest BCUT2D eigenvalue weighted by Gasteiger charge is -2.25. The quantitative estimate of drug-likeness (QED) is 0.825. The first-order valence-electron chi connectivity index (χ1n) is 7.02. The van der Waals surface area contributed by atoms with E-state index < -0.39 is 0 Å². The predicted molar refractivity (Wildman–Crippen MR) is 85.9 cm³/mol. The van der Waals surface area contributed by atoms with Gasteiger partial charge in [0, 0.05) is 24.7 Å². The topological polar surface area (TPSA) is 44.0 Å². The van der Waals surface area contributed by atoms with Crippen molar-refractivity contribution in [3.8, 4) is 10.6 Å². The van der Waals surface area contributed by atoms with Gasteiger partial charge in [-0.2, -0.15) is 5.10 Å². The van der Waals surface area contributed by atoms with Gasteiger partial charge in [0.05, 0.1) is 16.8 Å². The number of hydrogen-bond acceptors (Lipinski definition) is 4. The van der Waals surface area contributed by atoms with Crippen molar-refractivity contribution >= 4 is 11.3 Å². The van der Waals surface area contributed by atoms with Crippen molar-refractivity contribution in [2.75, 3.05) is 20.6 Å². The van der Waals surface area contributed by atoms with E-state index in [0.717, 1.165) is 18.8 Å². The zero-order chi connectivity index (χ0) is 14.5. The van der Waals surface area contributed by atoms with Gasteiger partial charge in [0.25, 0.3) is 0 Å². The number of thiophene rings is 1. The van der Waals surface area contributed by atoms with Gasteiger partial charge >= 0.3 is 0 Å². The minimum Gasteiger partial charge on any atom is -0.308 e. The first-order valence-corrected chi connectivity index (χ1v) is 7.90. The first kappa shape index (κ1) is 15.2. The summed E-state index contributed by atoms with van der Waals surface area (Å²) in [4.78, 5) is 3.47. The Morgan fingerprint density at radius 2 is 2.20 bits per heavy atom. The van der Waals surface area contributed by atoms with Crippen LogP contribution in [0.2, 0.25) is 0 Å². The van der Waals surface area contributed by atoms with Crippen molar-refractivity contribution in [1.29, 1.82) is 0 Å². The molecule has 0 amide bonds. The second-order valence-corrected chi connectivity index (χ2v) is 6.69. The van der Waals surface area contributed by atoms with E-state index in [-0.39, 0.29) is 0 Å². The molecule has 0 aliphatic carbocycles. The molecule has 0 spiro atoms. The monoisotopic (exact) mass is 292 g/mol. The standard InChI is InChI=1S/C15H24N4S/c1-11(2)13(10-19(3)4)16-8-12-9-17-18-15(12)14-6-5-7-20-14/h5-7,9,11,13,16H,8,10H2,1-4H3,(H,17,18). The van der Waals surface area contributed by atoms with Crippen LogP contribution in [-0.4, -0.2) is 41.8 Å². The average molecular weight is 292 g/mol. The SMILES string of the molecule is CC(C)C(CN(C)C)NCc1cn[nH]c1-c1cccs1. The van der Waals surface area contributed by atoms with Crippen LogP contribution in [0, 0.1) is 5.92 Å². The van der Waals surface area contributed by atoms with Gasteiger partial charge in [-0.3, -0.25) is 5.10 Å². The smallest absolute Gasteiger partial charge is 0.0794 e. The fourth-order valence-corrected chi connectivity index (χ4v) is 2.98. The van der Waals surface area contributed by atoms with E-state index in [4.69, 9.17) is 0 Å². The molecule has 0 radical (unpaired) electrons. The van der Waals surface area contributed by atoms with Crippen LogP contribution in [0.3, 0.4) is 0 Å². The molecule has 0 bridgehead atoms. The highest BCUT2D eigenvalue weighted by Crippen LogP contribution is 2.25. The second kappa shape index (κ2) is 7.02. The Bertz CT molecular complexity index is 502. The Labute approximate surface area is 125 Å². The summed E-state index contributed by atoms with van der Waals surface area (Å²) in [6.07, 6.45) is 1.93. The number of likely N-dealkylation sites (N-methyl/N-ethyl adjacent to an activating group) is 1. The van der Waals surface area contributed by atoms with Crippen molar-refractivity contribution < 1.29 is 0 Å². The highest BCUT2D eigenvalue weighted by atomic mass is 32.1. The number of nitrogens with one attached hydrogen (secondary N) is 2. The average Bonchev–Trinajstić information content (AvgIpc) is 3.03. The molecule has 2 rings (SSSR count). The summed E-state index contributed by atoms with van der Waals surface area (Å²) in [7, 11) is 4.23. The van der Waals surface area contributed by atoms with Gasteiger partial charge in [0.1, 0.15) is 0 Å². The maximum absolute atomic E-state index is 4.19. The van der Waals surface area contributed by atoms with Gasteiger partial charge in [-0.1, -0.05) is 19.9 Å². The molecule has 5 heteroatoms. The van der Waals surface area contributed by atoms with Crippen molar-refractivity contribution in [1.82, 2.24) is 20.4 Å². The largest absolute Gasteiger partial charge is 0.308 e. The number of rotatable bonds is 7. The van der Waals surface area contributed by atoms with Crippen LogP contribution >= 0.6 is 11.3 Å². The molecule has 0 aliphatic heterocycles. The molecule has 0 saturated carbocycles. The molecule has 2 aromatic rings. The normalized spacial score (nSPS) is 13.3. The minimum absolute atomic E-state index is 0.482. The molecular weight excluding hydrogens is 268 g/mol. The fourth-order valence-electron chi connectivity index (χ4n) is 2.22. The summed E-state index contributed by atoms with van der Waals surface area (Å²) in [5.41, 5.74) is 2.37. The molecule has 1 atom stereocenters. The van der Waals surface area contributed by atoms with Crippen LogP contribution in [0.5, 0.6) is 0 Å². The summed E-state index contributed by atoms with van der Waals surface area (Å²) < 4.78 is 0. The van der Waals surface area contributed by atoms with Crippen molar-refractivity contribution in [3.63, 3.8) is 0 Å². The molecule has 2 N–H and O–H groups in total. The van der Waals surface area contributed by atoms with Crippen molar-refractivity contribution in [3.05, 3.63) is 29.3 Å². The van der Waals surface area contributed by atoms with E-state index >= 15 is 0 Å². The molecule has 0 saturated heterocycles. The van der Waals surface area contributed by atoms with Gasteiger partial charge in [-0.15, -0.1) is 11.3 Å². The highest BCUT2D eigenvalue weighted by molar-refractivity contribution is 7.13. The van der Waals surface area contributed by atoms with Gasteiger partial charge in [-0.05, 0) is 31.5 Å². The van der Waals surface area contributed by atoms with E-state index in [1.165, 1.54) is 10.4 Å². The molecule has 2 aromatic heterocycles. The van der Waals surface area contributed by atoms with Gasteiger partial charge in [0.15, 0.2) is 0 Å². The lowest BCUT2D eigenvalue weighted by atomic mass is 10.0. The molecule has 20 heavy (non-hydrogen) atoms. The zero-order valence-corrected chi connectivity index (χ0v) is 13.5. The maximum Gasteiger partial charge on any atom is 0.0794 e. The Balaban J connectivity index is 2.02. The molecule has 0 fully saturated rings. The van der Waals surface area contributed by atoms with E-state index in [1.54, 1.807) is 11.3 Å². The molecule has 0 aromatic carbocycles. The maximum atomic E-state index is 4.19. The Hall–Kier alpha value is -1.17. The predicted octanol–water partition coefficient (Wildman–Crippen LogP) is 2.81. The molecule has 110 valence electrons. The number of hydrogen-bond donors (Lipinski definition) is 2. The van der Waals surface area contributed by atoms with Crippen LogP contribution in [0.1, 0.15) is 19.4 Å². The fraction of sp³-hybridized carbons (Fsp3) is 0.533. The molecule has 0 aliphatic rings. The van der Waals surface area contributed by atoms with Gasteiger partial charge in [0.2, 0.25) is 0 Å². The first-order chi connectivity index (χ1) is 9.58. The molecule has 1 unspecified atom stereocenters. The van der Waals surface area contributed by atoms with Crippen LogP contribution in [0.4, 0.5) is 0 Å². The summed E-state index contributed by atoms with van der Waals surface area (Å²) in [5.74, 6) is 0.606. The third-order valence-corrected chi connectivity index (χ3v) is 4.29. The number of aromatic nitrogens is 2. The van der Waals surface area contributed by atoms with Gasteiger partial charge < -0.3 is 10.2 Å². The van der Waals surface area contributed by atoms with E-state index in [0.29, 0.717) is 12.0 Å². The van der Waals surface area contributed by atoms with E-state index in [9.17, 15) is 0 Å². The number of nitrogens with zero attached hydrogens (tertiary/aromatic N) is 2. The van der Waals surface area contributed by atoms with Crippen LogP contribution in [0.25, 0.3) is 10.6 Å². The summed E-state index contributed by atoms with van der Waals surface area (Å²) >= 11 is 1.74. The molecular formula is C15H24N4S. The van der Waals surface area contributed by atoms with Crippen molar-refractivity contribution in [2.24, 2.45) is 5.92 Å². The van der Waals surface area contributed by atoms with E-state index in [1.807, 2.05) is 6.20 Å².